The smallest absolute Gasteiger partial charge is 0.289 e. The van der Waals surface area contributed by atoms with Crippen LogP contribution in [0.1, 0.15) is 62.7 Å². The van der Waals surface area contributed by atoms with Gasteiger partial charge < -0.3 is 14.9 Å². The zero-order valence-corrected chi connectivity index (χ0v) is 12.1. The highest BCUT2D eigenvalue weighted by Crippen LogP contribution is 2.18. The molecule has 5 heteroatoms. The Kier molecular flexibility index (Phi) is 6.02. The molecule has 3 atom stereocenters. The van der Waals surface area contributed by atoms with Crippen molar-refractivity contribution in [3.63, 3.8) is 0 Å². The first-order valence-electron chi connectivity index (χ1n) is 6.86. The highest BCUT2D eigenvalue weighted by molar-refractivity contribution is 5.91. The van der Waals surface area contributed by atoms with Gasteiger partial charge in [-0.3, -0.25) is 4.79 Å². The Bertz CT molecular complexity index is 401. The fraction of sp³-hybridized carbons (Fsp3) is 0.714. The van der Waals surface area contributed by atoms with Gasteiger partial charge in [-0.25, -0.2) is 0 Å². The average molecular weight is 268 g/mol. The fourth-order valence-electron chi connectivity index (χ4n) is 1.86. The quantitative estimate of drug-likeness (QED) is 0.795. The summed E-state index contributed by atoms with van der Waals surface area (Å²) in [6, 6.07) is 1.70. The van der Waals surface area contributed by atoms with E-state index in [1.165, 1.54) is 0 Å². The summed E-state index contributed by atoms with van der Waals surface area (Å²) in [6.45, 7) is 8.36. The van der Waals surface area contributed by atoms with Crippen LogP contribution in [0.4, 0.5) is 0 Å². The summed E-state index contributed by atoms with van der Waals surface area (Å²) in [6.07, 6.45) is 1.27. The number of hydrogen-bond donors (Lipinski definition) is 2. The Labute approximate surface area is 114 Å². The summed E-state index contributed by atoms with van der Waals surface area (Å²) in [5.74, 6) is 0.513. The predicted octanol–water partition coefficient (Wildman–Crippen LogP) is 2.32. The number of nitrogens with zero attached hydrogens (tertiary/aromatic N) is 1. The van der Waals surface area contributed by atoms with Gasteiger partial charge in [0.2, 0.25) is 5.76 Å². The van der Waals surface area contributed by atoms with Crippen molar-refractivity contribution >= 4 is 5.91 Å². The van der Waals surface area contributed by atoms with Gasteiger partial charge in [-0.05, 0) is 25.7 Å². The standard InChI is InChI=1S/C14H24N2O3/c1-5-10(3)12-7-13(19-16-12)14(18)15-8-9(2)6-11(4)17/h7,9-11,17H,5-6,8H2,1-4H3,(H,15,18). The molecule has 19 heavy (non-hydrogen) atoms. The summed E-state index contributed by atoms with van der Waals surface area (Å²) >= 11 is 0. The first-order chi connectivity index (χ1) is 8.93. The summed E-state index contributed by atoms with van der Waals surface area (Å²) < 4.78 is 5.05. The molecule has 1 aromatic rings. The summed E-state index contributed by atoms with van der Waals surface area (Å²) in [5, 5.41) is 16.0. The normalized spacial score (nSPS) is 15.8. The monoisotopic (exact) mass is 268 g/mol. The van der Waals surface area contributed by atoms with Gasteiger partial charge in [-0.2, -0.15) is 0 Å². The third-order valence-corrected chi connectivity index (χ3v) is 3.22. The summed E-state index contributed by atoms with van der Waals surface area (Å²) in [7, 11) is 0. The zero-order chi connectivity index (χ0) is 14.4. The van der Waals surface area contributed by atoms with E-state index < -0.39 is 0 Å². The van der Waals surface area contributed by atoms with Crippen LogP contribution in [-0.2, 0) is 0 Å². The maximum atomic E-state index is 11.9. The molecule has 0 radical (unpaired) electrons. The predicted molar refractivity (Wildman–Crippen MR) is 73.0 cm³/mol. The molecule has 0 saturated carbocycles. The van der Waals surface area contributed by atoms with Gasteiger partial charge in [0.25, 0.3) is 5.91 Å². The number of carbonyl (C=O) groups excluding carboxylic acids is 1. The second-order valence-electron chi connectivity index (χ2n) is 5.33. The van der Waals surface area contributed by atoms with E-state index in [1.54, 1.807) is 13.0 Å². The van der Waals surface area contributed by atoms with Crippen LogP contribution in [0.2, 0.25) is 0 Å². The lowest BCUT2D eigenvalue weighted by Crippen LogP contribution is -2.29. The molecule has 0 aliphatic rings. The molecule has 0 spiro atoms. The van der Waals surface area contributed by atoms with Crippen molar-refractivity contribution in [2.75, 3.05) is 6.54 Å². The third-order valence-electron chi connectivity index (χ3n) is 3.22. The number of hydrogen-bond acceptors (Lipinski definition) is 4. The minimum absolute atomic E-state index is 0.223. The maximum absolute atomic E-state index is 11.9. The number of aromatic nitrogens is 1. The van der Waals surface area contributed by atoms with E-state index in [0.29, 0.717) is 18.9 Å². The molecule has 0 fully saturated rings. The van der Waals surface area contributed by atoms with E-state index in [0.717, 1.165) is 12.1 Å². The largest absolute Gasteiger partial charge is 0.393 e. The summed E-state index contributed by atoms with van der Waals surface area (Å²) in [4.78, 5) is 11.9. The van der Waals surface area contributed by atoms with Gasteiger partial charge >= 0.3 is 0 Å². The molecule has 1 amide bonds. The Morgan fingerprint density at radius 3 is 2.74 bits per heavy atom. The van der Waals surface area contributed by atoms with E-state index in [9.17, 15) is 9.90 Å². The maximum Gasteiger partial charge on any atom is 0.289 e. The number of aliphatic hydroxyl groups excluding tert-OH is 1. The van der Waals surface area contributed by atoms with Crippen molar-refractivity contribution in [3.8, 4) is 0 Å². The van der Waals surface area contributed by atoms with E-state index in [2.05, 4.69) is 17.4 Å². The number of aliphatic hydroxyl groups is 1. The van der Waals surface area contributed by atoms with Gasteiger partial charge in [-0.1, -0.05) is 25.9 Å². The van der Waals surface area contributed by atoms with Gasteiger partial charge in [0, 0.05) is 18.5 Å². The molecule has 1 aromatic heterocycles. The summed E-state index contributed by atoms with van der Waals surface area (Å²) in [5.41, 5.74) is 0.810. The third kappa shape index (κ3) is 5.03. The lowest BCUT2D eigenvalue weighted by atomic mass is 10.0. The number of amides is 1. The van der Waals surface area contributed by atoms with Crippen LogP contribution in [0.25, 0.3) is 0 Å². The van der Waals surface area contributed by atoms with Crippen molar-refractivity contribution in [2.45, 2.75) is 52.6 Å². The Hall–Kier alpha value is -1.36. The fourth-order valence-corrected chi connectivity index (χ4v) is 1.86. The minimum Gasteiger partial charge on any atom is -0.393 e. The van der Waals surface area contributed by atoms with Crippen LogP contribution in [0.15, 0.2) is 10.6 Å². The average Bonchev–Trinajstić information content (AvgIpc) is 2.83. The first-order valence-corrected chi connectivity index (χ1v) is 6.86. The van der Waals surface area contributed by atoms with E-state index in [4.69, 9.17) is 4.52 Å². The van der Waals surface area contributed by atoms with E-state index in [1.807, 2.05) is 13.8 Å². The highest BCUT2D eigenvalue weighted by atomic mass is 16.5. The topological polar surface area (TPSA) is 75.4 Å². The highest BCUT2D eigenvalue weighted by Gasteiger charge is 2.16. The van der Waals surface area contributed by atoms with Crippen LogP contribution in [0, 0.1) is 5.92 Å². The second kappa shape index (κ2) is 7.28. The molecule has 0 aromatic carbocycles. The molecular formula is C14H24N2O3. The van der Waals surface area contributed by atoms with Gasteiger partial charge in [0.15, 0.2) is 0 Å². The first kappa shape index (κ1) is 15.7. The second-order valence-corrected chi connectivity index (χ2v) is 5.33. The lowest BCUT2D eigenvalue weighted by molar-refractivity contribution is 0.0902. The molecule has 0 saturated heterocycles. The molecule has 108 valence electrons. The van der Waals surface area contributed by atoms with Gasteiger partial charge in [0.1, 0.15) is 0 Å². The van der Waals surface area contributed by atoms with Crippen molar-refractivity contribution in [3.05, 3.63) is 17.5 Å². The minimum atomic E-state index is -0.353. The van der Waals surface area contributed by atoms with Crippen LogP contribution >= 0.6 is 0 Å². The zero-order valence-electron chi connectivity index (χ0n) is 12.1. The van der Waals surface area contributed by atoms with E-state index in [-0.39, 0.29) is 23.7 Å². The van der Waals surface area contributed by atoms with Crippen molar-refractivity contribution in [1.82, 2.24) is 10.5 Å². The van der Waals surface area contributed by atoms with Crippen LogP contribution in [-0.4, -0.2) is 28.8 Å². The molecule has 5 nitrogen and oxygen atoms in total. The molecule has 0 bridgehead atoms. The van der Waals surface area contributed by atoms with Gasteiger partial charge in [-0.15, -0.1) is 0 Å². The molecule has 3 unspecified atom stereocenters. The molecular weight excluding hydrogens is 244 g/mol. The molecule has 2 N–H and O–H groups in total. The Morgan fingerprint density at radius 2 is 2.16 bits per heavy atom. The molecule has 1 heterocycles. The van der Waals surface area contributed by atoms with Crippen molar-refractivity contribution < 1.29 is 14.4 Å². The Morgan fingerprint density at radius 1 is 1.47 bits per heavy atom. The number of nitrogens with one attached hydrogen (secondary N) is 1. The Balaban J connectivity index is 2.47. The van der Waals surface area contributed by atoms with Crippen LogP contribution in [0.3, 0.4) is 0 Å². The van der Waals surface area contributed by atoms with Gasteiger partial charge in [0.05, 0.1) is 11.8 Å². The lowest BCUT2D eigenvalue weighted by Gasteiger charge is -2.13. The number of rotatable bonds is 7. The van der Waals surface area contributed by atoms with Crippen molar-refractivity contribution in [2.24, 2.45) is 5.92 Å². The molecule has 0 aliphatic heterocycles. The van der Waals surface area contributed by atoms with E-state index >= 15 is 0 Å². The number of carbonyl (C=O) groups is 1. The van der Waals surface area contributed by atoms with Crippen LogP contribution < -0.4 is 5.32 Å². The molecule has 0 aliphatic carbocycles. The van der Waals surface area contributed by atoms with Crippen LogP contribution in [0.5, 0.6) is 0 Å². The van der Waals surface area contributed by atoms with Crippen molar-refractivity contribution in [1.29, 1.82) is 0 Å². The molecule has 1 rings (SSSR count). The SMILES string of the molecule is CCC(C)c1cc(C(=O)NCC(C)CC(C)O)on1.